The Morgan fingerprint density at radius 1 is 1.45 bits per heavy atom. The normalized spacial score (nSPS) is 10.3. The molecule has 1 aromatic rings. The van der Waals surface area contributed by atoms with Gasteiger partial charge in [0.05, 0.1) is 15.7 Å². The molecule has 0 aliphatic heterocycles. The topological polar surface area (TPSA) is 61.4 Å². The van der Waals surface area contributed by atoms with Crippen LogP contribution in [0.3, 0.4) is 0 Å². The van der Waals surface area contributed by atoms with Gasteiger partial charge in [0.1, 0.15) is 0 Å². The van der Waals surface area contributed by atoms with E-state index in [1.807, 2.05) is 0 Å². The number of nitrogens with one attached hydrogen (secondary N) is 2. The van der Waals surface area contributed by atoms with Gasteiger partial charge in [-0.05, 0) is 36.0 Å². The lowest BCUT2D eigenvalue weighted by Crippen LogP contribution is -2.28. The minimum absolute atomic E-state index is 0.299. The smallest absolute Gasteiger partial charge is 0.328 e. The minimum Gasteiger partial charge on any atom is -0.478 e. The number of benzene rings is 1. The second-order valence-electron chi connectivity index (χ2n) is 3.66. The van der Waals surface area contributed by atoms with Gasteiger partial charge in [-0.3, -0.25) is 0 Å². The highest BCUT2D eigenvalue weighted by Crippen LogP contribution is 2.32. The molecule has 3 N–H and O–H groups in total. The van der Waals surface area contributed by atoms with Gasteiger partial charge in [0.2, 0.25) is 0 Å². The van der Waals surface area contributed by atoms with Gasteiger partial charge < -0.3 is 15.7 Å². The summed E-state index contributed by atoms with van der Waals surface area (Å²) in [7, 11) is 0. The fourth-order valence-corrected chi connectivity index (χ4v) is 1.87. The zero-order valence-corrected chi connectivity index (χ0v) is 12.6. The monoisotopic (exact) mass is 330 g/mol. The Labute approximate surface area is 132 Å². The molecule has 0 heterocycles. The van der Waals surface area contributed by atoms with Crippen molar-refractivity contribution in [3.8, 4) is 0 Å². The highest BCUT2D eigenvalue weighted by Gasteiger charge is 2.08. The molecule has 1 aromatic carbocycles. The molecule has 0 radical (unpaired) electrons. The molecule has 0 spiro atoms. The molecule has 106 valence electrons. The van der Waals surface area contributed by atoms with Crippen LogP contribution in [0.2, 0.25) is 10.0 Å². The second-order valence-corrected chi connectivity index (χ2v) is 4.85. The van der Waals surface area contributed by atoms with Crippen LogP contribution >= 0.6 is 35.4 Å². The molecule has 0 saturated carbocycles. The molecule has 0 fully saturated rings. The lowest BCUT2D eigenvalue weighted by atomic mass is 10.2. The zero-order chi connectivity index (χ0) is 15.1. The van der Waals surface area contributed by atoms with Crippen molar-refractivity contribution in [3.05, 3.63) is 46.5 Å². The quantitative estimate of drug-likeness (QED) is 0.437. The molecule has 7 heteroatoms. The maximum Gasteiger partial charge on any atom is 0.328 e. The molecule has 4 nitrogen and oxygen atoms in total. The molecule has 0 unspecified atom stereocenters. The van der Waals surface area contributed by atoms with E-state index >= 15 is 0 Å². The van der Waals surface area contributed by atoms with Crippen LogP contribution in [0, 0.1) is 0 Å². The van der Waals surface area contributed by atoms with Crippen LogP contribution in [0.5, 0.6) is 0 Å². The molecule has 0 aliphatic rings. The average Bonchev–Trinajstić information content (AvgIpc) is 2.39. The molecule has 0 bridgehead atoms. The maximum atomic E-state index is 10.5. The molecule has 1 rings (SSSR count). The van der Waals surface area contributed by atoms with Crippen molar-refractivity contribution >= 4 is 58.3 Å². The van der Waals surface area contributed by atoms with E-state index in [1.54, 1.807) is 18.2 Å². The van der Waals surface area contributed by atoms with Crippen LogP contribution in [0.1, 0.15) is 5.56 Å². The molecule has 0 aromatic heterocycles. The third-order valence-electron chi connectivity index (χ3n) is 2.12. The van der Waals surface area contributed by atoms with Crippen molar-refractivity contribution in [2.24, 2.45) is 0 Å². The Balaban J connectivity index is 2.97. The standard InChI is InChI=1S/C13H12Cl2N2O2S/c1-2-5-16-13(20)17-10-7-8(3-4-11(18)19)6-9(14)12(10)15/h2-4,6-7H,1,5H2,(H,18,19)(H2,16,17,20)/b4-3+. The highest BCUT2D eigenvalue weighted by molar-refractivity contribution is 7.80. The number of thiocarbonyl (C=S) groups is 1. The summed E-state index contributed by atoms with van der Waals surface area (Å²) in [4.78, 5) is 10.5. The first-order chi connectivity index (χ1) is 9.43. The summed E-state index contributed by atoms with van der Waals surface area (Å²) in [6, 6.07) is 3.21. The van der Waals surface area contributed by atoms with Gasteiger partial charge in [0.15, 0.2) is 5.11 Å². The van der Waals surface area contributed by atoms with E-state index in [0.29, 0.717) is 33.0 Å². The number of carboxylic acids is 1. The lowest BCUT2D eigenvalue weighted by Gasteiger charge is -2.12. The summed E-state index contributed by atoms with van der Waals surface area (Å²) in [5.74, 6) is -1.05. The van der Waals surface area contributed by atoms with Gasteiger partial charge in [-0.25, -0.2) is 4.79 Å². The predicted octanol–water partition coefficient (Wildman–Crippen LogP) is 3.56. The predicted molar refractivity (Wildman–Crippen MR) is 87.6 cm³/mol. The van der Waals surface area contributed by atoms with Crippen LogP contribution in [0.25, 0.3) is 6.08 Å². The molecule has 20 heavy (non-hydrogen) atoms. The summed E-state index contributed by atoms with van der Waals surface area (Å²) >= 11 is 17.1. The van der Waals surface area contributed by atoms with E-state index in [-0.39, 0.29) is 0 Å². The van der Waals surface area contributed by atoms with Crippen molar-refractivity contribution in [3.63, 3.8) is 0 Å². The first kappa shape index (κ1) is 16.5. The molecular weight excluding hydrogens is 319 g/mol. The number of rotatable bonds is 5. The lowest BCUT2D eigenvalue weighted by molar-refractivity contribution is -0.131. The Morgan fingerprint density at radius 2 is 2.15 bits per heavy atom. The average molecular weight is 331 g/mol. The number of carbonyl (C=O) groups is 1. The van der Waals surface area contributed by atoms with Gasteiger partial charge in [0.25, 0.3) is 0 Å². The van der Waals surface area contributed by atoms with E-state index in [1.165, 1.54) is 6.08 Å². The third kappa shape index (κ3) is 5.21. The number of halogens is 2. The van der Waals surface area contributed by atoms with E-state index < -0.39 is 5.97 Å². The number of carboxylic acid groups (broad SMARTS) is 1. The minimum atomic E-state index is -1.05. The van der Waals surface area contributed by atoms with Gasteiger partial charge >= 0.3 is 5.97 Å². The number of hydrogen-bond acceptors (Lipinski definition) is 2. The molecule has 0 atom stereocenters. The summed E-state index contributed by atoms with van der Waals surface area (Å²) in [5, 5.41) is 15.4. The van der Waals surface area contributed by atoms with Crippen molar-refractivity contribution in [2.45, 2.75) is 0 Å². The van der Waals surface area contributed by atoms with Gasteiger partial charge in [-0.1, -0.05) is 29.3 Å². The number of hydrogen-bond donors (Lipinski definition) is 3. The van der Waals surface area contributed by atoms with Crippen molar-refractivity contribution < 1.29 is 9.90 Å². The Morgan fingerprint density at radius 3 is 2.75 bits per heavy atom. The number of anilines is 1. The first-order valence-corrected chi connectivity index (χ1v) is 6.66. The maximum absolute atomic E-state index is 10.5. The van der Waals surface area contributed by atoms with E-state index in [0.717, 1.165) is 6.08 Å². The second kappa shape index (κ2) is 7.89. The summed E-state index contributed by atoms with van der Waals surface area (Å²) in [6.45, 7) is 4.07. The highest BCUT2D eigenvalue weighted by atomic mass is 35.5. The molecular formula is C13H12Cl2N2O2S. The fourth-order valence-electron chi connectivity index (χ4n) is 1.30. The Bertz CT molecular complexity index is 574. The van der Waals surface area contributed by atoms with E-state index in [9.17, 15) is 4.79 Å². The largest absolute Gasteiger partial charge is 0.478 e. The zero-order valence-electron chi connectivity index (χ0n) is 10.3. The van der Waals surface area contributed by atoms with Crippen LogP contribution in [-0.4, -0.2) is 22.7 Å². The van der Waals surface area contributed by atoms with E-state index in [4.69, 9.17) is 40.5 Å². The Hall–Kier alpha value is -1.56. The summed E-state index contributed by atoms with van der Waals surface area (Å²) in [5.41, 5.74) is 1.08. The first-order valence-electron chi connectivity index (χ1n) is 5.50. The van der Waals surface area contributed by atoms with Crippen LogP contribution in [0.4, 0.5) is 5.69 Å². The SMILES string of the molecule is C=CCNC(=S)Nc1cc(/C=C/C(=O)O)cc(Cl)c1Cl. The van der Waals surface area contributed by atoms with Crippen LogP contribution < -0.4 is 10.6 Å². The Kier molecular flexibility index (Phi) is 6.51. The van der Waals surface area contributed by atoms with Crippen molar-refractivity contribution in [2.75, 3.05) is 11.9 Å². The third-order valence-corrected chi connectivity index (χ3v) is 3.17. The summed E-state index contributed by atoms with van der Waals surface area (Å²) in [6.07, 6.45) is 4.09. The van der Waals surface area contributed by atoms with Gasteiger partial charge in [-0.15, -0.1) is 6.58 Å². The van der Waals surface area contributed by atoms with Crippen molar-refractivity contribution in [1.82, 2.24) is 5.32 Å². The van der Waals surface area contributed by atoms with Gasteiger partial charge in [-0.2, -0.15) is 0 Å². The van der Waals surface area contributed by atoms with E-state index in [2.05, 4.69) is 17.2 Å². The molecule has 0 saturated heterocycles. The summed E-state index contributed by atoms with van der Waals surface area (Å²) < 4.78 is 0. The number of aliphatic carboxylic acids is 1. The van der Waals surface area contributed by atoms with Crippen molar-refractivity contribution in [1.29, 1.82) is 0 Å². The van der Waals surface area contributed by atoms with Crippen LogP contribution in [0.15, 0.2) is 30.9 Å². The van der Waals surface area contributed by atoms with Gasteiger partial charge in [0, 0.05) is 12.6 Å². The fraction of sp³-hybridized carbons (Fsp3) is 0.0769. The molecule has 0 aliphatic carbocycles. The molecule has 0 amide bonds. The van der Waals surface area contributed by atoms with Crippen LogP contribution in [-0.2, 0) is 4.79 Å².